The van der Waals surface area contributed by atoms with E-state index in [1.807, 2.05) is 19.9 Å². The standard InChI is InChI=1S/C15H12ClN5O2S/c1-9-7-10(2)20(19-9)14-13(21(22)23)15(18-8-17-14)24-12-5-3-11(16)4-6-12/h3-8H,1-2H3. The summed E-state index contributed by atoms with van der Waals surface area (Å²) in [5.74, 6) is 0.150. The lowest BCUT2D eigenvalue weighted by molar-refractivity contribution is -0.388. The average Bonchev–Trinajstić information content (AvgIpc) is 2.87. The summed E-state index contributed by atoms with van der Waals surface area (Å²) in [4.78, 5) is 20.1. The number of nitro groups is 1. The van der Waals surface area contributed by atoms with Crippen molar-refractivity contribution in [1.82, 2.24) is 19.7 Å². The van der Waals surface area contributed by atoms with E-state index in [0.29, 0.717) is 5.02 Å². The van der Waals surface area contributed by atoms with Crippen LogP contribution in [0.3, 0.4) is 0 Å². The molecule has 0 N–H and O–H groups in total. The van der Waals surface area contributed by atoms with Gasteiger partial charge < -0.3 is 0 Å². The van der Waals surface area contributed by atoms with Crippen LogP contribution >= 0.6 is 23.4 Å². The van der Waals surface area contributed by atoms with E-state index in [9.17, 15) is 10.1 Å². The molecular weight excluding hydrogens is 350 g/mol. The van der Waals surface area contributed by atoms with E-state index in [2.05, 4.69) is 15.1 Å². The van der Waals surface area contributed by atoms with Gasteiger partial charge in [-0.25, -0.2) is 14.6 Å². The van der Waals surface area contributed by atoms with Gasteiger partial charge in [0.25, 0.3) is 0 Å². The van der Waals surface area contributed by atoms with Gasteiger partial charge in [-0.05, 0) is 44.2 Å². The van der Waals surface area contributed by atoms with Gasteiger partial charge in [0, 0.05) is 15.6 Å². The molecule has 1 aromatic carbocycles. The Hall–Kier alpha value is -2.45. The highest BCUT2D eigenvalue weighted by molar-refractivity contribution is 7.99. The molecule has 0 amide bonds. The molecule has 9 heteroatoms. The third-order valence-electron chi connectivity index (χ3n) is 3.19. The quantitative estimate of drug-likeness (QED) is 0.396. The molecule has 0 aliphatic rings. The molecular formula is C15H12ClN5O2S. The number of benzene rings is 1. The van der Waals surface area contributed by atoms with Crippen molar-refractivity contribution in [3.05, 3.63) is 63.2 Å². The van der Waals surface area contributed by atoms with Crippen molar-refractivity contribution in [3.8, 4) is 5.82 Å². The minimum absolute atomic E-state index is 0.150. The Morgan fingerprint density at radius 1 is 1.21 bits per heavy atom. The molecule has 0 aliphatic heterocycles. The van der Waals surface area contributed by atoms with Crippen molar-refractivity contribution in [2.24, 2.45) is 0 Å². The summed E-state index contributed by atoms with van der Waals surface area (Å²) >= 11 is 7.05. The van der Waals surface area contributed by atoms with E-state index in [4.69, 9.17) is 11.6 Å². The number of aromatic nitrogens is 4. The lowest BCUT2D eigenvalue weighted by Gasteiger charge is -2.07. The molecule has 2 heterocycles. The summed E-state index contributed by atoms with van der Waals surface area (Å²) in [6.45, 7) is 3.64. The van der Waals surface area contributed by atoms with Gasteiger partial charge in [0.2, 0.25) is 5.82 Å². The zero-order valence-corrected chi connectivity index (χ0v) is 14.4. The predicted octanol–water partition coefficient (Wildman–Crippen LogP) is 3.99. The Morgan fingerprint density at radius 2 is 1.92 bits per heavy atom. The van der Waals surface area contributed by atoms with E-state index in [-0.39, 0.29) is 16.5 Å². The molecule has 0 radical (unpaired) electrons. The van der Waals surface area contributed by atoms with Gasteiger partial charge in [0.15, 0.2) is 5.03 Å². The van der Waals surface area contributed by atoms with Crippen molar-refractivity contribution in [2.75, 3.05) is 0 Å². The van der Waals surface area contributed by atoms with E-state index in [0.717, 1.165) is 16.3 Å². The van der Waals surface area contributed by atoms with Crippen molar-refractivity contribution >= 4 is 29.1 Å². The third kappa shape index (κ3) is 3.24. The molecule has 0 spiro atoms. The number of halogens is 1. The van der Waals surface area contributed by atoms with Crippen LogP contribution in [0.2, 0.25) is 5.02 Å². The van der Waals surface area contributed by atoms with Gasteiger partial charge >= 0.3 is 5.69 Å². The first-order valence-electron chi connectivity index (χ1n) is 6.92. The van der Waals surface area contributed by atoms with Crippen molar-refractivity contribution in [2.45, 2.75) is 23.8 Å². The lowest BCUT2D eigenvalue weighted by Crippen LogP contribution is -2.08. The Kier molecular flexibility index (Phi) is 4.50. The molecule has 122 valence electrons. The summed E-state index contributed by atoms with van der Waals surface area (Å²) in [6, 6.07) is 8.83. The minimum Gasteiger partial charge on any atom is -0.258 e. The summed E-state index contributed by atoms with van der Waals surface area (Å²) in [7, 11) is 0. The van der Waals surface area contributed by atoms with Crippen LogP contribution in [-0.2, 0) is 0 Å². The zero-order chi connectivity index (χ0) is 17.3. The summed E-state index contributed by atoms with van der Waals surface area (Å²) < 4.78 is 1.46. The van der Waals surface area contributed by atoms with E-state index < -0.39 is 4.92 Å². The highest BCUT2D eigenvalue weighted by Crippen LogP contribution is 2.36. The molecule has 2 aromatic heterocycles. The van der Waals surface area contributed by atoms with Crippen LogP contribution in [0.5, 0.6) is 0 Å². The van der Waals surface area contributed by atoms with Crippen LogP contribution in [0.15, 0.2) is 46.6 Å². The van der Waals surface area contributed by atoms with E-state index >= 15 is 0 Å². The second-order valence-corrected chi connectivity index (χ2v) is 6.50. The number of hydrogen-bond acceptors (Lipinski definition) is 6. The largest absolute Gasteiger partial charge is 0.346 e. The monoisotopic (exact) mass is 361 g/mol. The maximum atomic E-state index is 11.6. The number of aryl methyl sites for hydroxylation is 2. The fourth-order valence-corrected chi connectivity index (χ4v) is 3.18. The first-order valence-corrected chi connectivity index (χ1v) is 8.11. The second kappa shape index (κ2) is 6.58. The molecule has 0 bridgehead atoms. The molecule has 0 saturated heterocycles. The molecule has 24 heavy (non-hydrogen) atoms. The number of hydrogen-bond donors (Lipinski definition) is 0. The van der Waals surface area contributed by atoms with Gasteiger partial charge in [0.05, 0.1) is 10.6 Å². The molecule has 0 aliphatic carbocycles. The first-order chi connectivity index (χ1) is 11.5. The van der Waals surface area contributed by atoms with Crippen LogP contribution in [0.25, 0.3) is 5.82 Å². The fraction of sp³-hybridized carbons (Fsp3) is 0.133. The van der Waals surface area contributed by atoms with Gasteiger partial charge in [-0.2, -0.15) is 5.10 Å². The Labute approximate surface area is 146 Å². The summed E-state index contributed by atoms with van der Waals surface area (Å²) in [5, 5.41) is 16.8. The molecule has 3 rings (SSSR count). The lowest BCUT2D eigenvalue weighted by atomic mass is 10.4. The molecule has 0 atom stereocenters. The van der Waals surface area contributed by atoms with Crippen LogP contribution in [-0.4, -0.2) is 24.7 Å². The zero-order valence-electron chi connectivity index (χ0n) is 12.8. The van der Waals surface area contributed by atoms with Gasteiger partial charge in [-0.3, -0.25) is 10.1 Å². The smallest absolute Gasteiger partial charge is 0.258 e. The maximum Gasteiger partial charge on any atom is 0.346 e. The van der Waals surface area contributed by atoms with E-state index in [1.54, 1.807) is 24.3 Å². The molecule has 7 nitrogen and oxygen atoms in total. The maximum absolute atomic E-state index is 11.6. The summed E-state index contributed by atoms with van der Waals surface area (Å²) in [5.41, 5.74) is 1.34. The fourth-order valence-electron chi connectivity index (χ4n) is 2.20. The SMILES string of the molecule is Cc1cc(C)n(-c2ncnc(Sc3ccc(Cl)cc3)c2[N+](=O)[O-])n1. The number of nitrogens with zero attached hydrogens (tertiary/aromatic N) is 5. The third-order valence-corrected chi connectivity index (χ3v) is 4.44. The van der Waals surface area contributed by atoms with E-state index in [1.165, 1.54) is 22.8 Å². The van der Waals surface area contributed by atoms with Gasteiger partial charge in [-0.15, -0.1) is 0 Å². The molecule has 0 fully saturated rings. The second-order valence-electron chi connectivity index (χ2n) is 5.00. The van der Waals surface area contributed by atoms with Crippen LogP contribution in [0.1, 0.15) is 11.4 Å². The molecule has 0 unspecified atom stereocenters. The topological polar surface area (TPSA) is 86.7 Å². The molecule has 3 aromatic rings. The minimum atomic E-state index is -0.482. The van der Waals surface area contributed by atoms with Crippen molar-refractivity contribution < 1.29 is 4.92 Å². The summed E-state index contributed by atoms with van der Waals surface area (Å²) in [6.07, 6.45) is 1.30. The number of rotatable bonds is 4. The van der Waals surface area contributed by atoms with Crippen LogP contribution in [0, 0.1) is 24.0 Å². The normalized spacial score (nSPS) is 10.8. The predicted molar refractivity (Wildman–Crippen MR) is 90.9 cm³/mol. The highest BCUT2D eigenvalue weighted by Gasteiger charge is 2.26. The first kappa shape index (κ1) is 16.4. The Bertz CT molecular complexity index is 911. The highest BCUT2D eigenvalue weighted by atomic mass is 35.5. The average molecular weight is 362 g/mol. The molecule has 0 saturated carbocycles. The van der Waals surface area contributed by atoms with Gasteiger partial charge in [-0.1, -0.05) is 23.4 Å². The van der Waals surface area contributed by atoms with Crippen LogP contribution < -0.4 is 0 Å². The Balaban J connectivity index is 2.10. The Morgan fingerprint density at radius 3 is 2.50 bits per heavy atom. The van der Waals surface area contributed by atoms with Gasteiger partial charge in [0.1, 0.15) is 6.33 Å². The van der Waals surface area contributed by atoms with Crippen LogP contribution in [0.4, 0.5) is 5.69 Å². The van der Waals surface area contributed by atoms with Crippen molar-refractivity contribution in [1.29, 1.82) is 0 Å². The van der Waals surface area contributed by atoms with Crippen molar-refractivity contribution in [3.63, 3.8) is 0 Å².